The van der Waals surface area contributed by atoms with Crippen molar-refractivity contribution in [2.75, 3.05) is 12.4 Å². The number of hydrogen-bond donors (Lipinski definition) is 1. The summed E-state index contributed by atoms with van der Waals surface area (Å²) in [5, 5.41) is 6.92. The zero-order chi connectivity index (χ0) is 26.5. The Morgan fingerprint density at radius 3 is 2.53 bits per heavy atom. The first-order chi connectivity index (χ1) is 17.1. The minimum atomic E-state index is -2.47. The molecule has 0 unspecified atom stereocenters. The Bertz CT molecular complexity index is 1220. The maximum Gasteiger partial charge on any atom is 0.256 e. The number of alkyl halides is 2. The molecule has 0 spiro atoms. The van der Waals surface area contributed by atoms with Gasteiger partial charge in [0.25, 0.3) is 6.43 Å². The number of aryl methyl sites for hydroxylation is 1. The van der Waals surface area contributed by atoms with E-state index in [0.29, 0.717) is 34.3 Å². The Balaban J connectivity index is 0.000000338. The van der Waals surface area contributed by atoms with Gasteiger partial charge in [-0.25, -0.2) is 27.7 Å². The Morgan fingerprint density at radius 2 is 1.94 bits per heavy atom. The van der Waals surface area contributed by atoms with Gasteiger partial charge in [-0.2, -0.15) is 0 Å². The topological polar surface area (TPSA) is 60.0 Å². The van der Waals surface area contributed by atoms with Crippen LogP contribution < -0.4 is 5.32 Å². The molecule has 0 amide bonds. The van der Waals surface area contributed by atoms with E-state index in [4.69, 9.17) is 0 Å². The third-order valence-corrected chi connectivity index (χ3v) is 7.16. The number of halogens is 3. The van der Waals surface area contributed by atoms with E-state index in [1.807, 2.05) is 0 Å². The molecule has 0 saturated heterocycles. The summed E-state index contributed by atoms with van der Waals surface area (Å²) in [5.41, 5.74) is 3.01. The number of rotatable bonds is 7. The van der Waals surface area contributed by atoms with Crippen LogP contribution in [0.5, 0.6) is 0 Å². The average molecular weight is 503 g/mol. The van der Waals surface area contributed by atoms with Crippen LogP contribution in [-0.4, -0.2) is 37.6 Å². The van der Waals surface area contributed by atoms with E-state index in [2.05, 4.69) is 40.8 Å². The first-order valence-corrected chi connectivity index (χ1v) is 12.5. The highest BCUT2D eigenvalue weighted by atomic mass is 19.3. The van der Waals surface area contributed by atoms with Crippen molar-refractivity contribution in [1.82, 2.24) is 24.1 Å². The van der Waals surface area contributed by atoms with Gasteiger partial charge < -0.3 is 9.88 Å². The second-order valence-corrected chi connectivity index (χ2v) is 9.73. The van der Waals surface area contributed by atoms with Gasteiger partial charge in [0.15, 0.2) is 5.82 Å². The van der Waals surface area contributed by atoms with Gasteiger partial charge in [-0.3, -0.25) is 0 Å². The number of aromatic nitrogens is 5. The largest absolute Gasteiger partial charge is 0.356 e. The van der Waals surface area contributed by atoms with Crippen LogP contribution in [0.4, 0.5) is 19.1 Å². The van der Waals surface area contributed by atoms with Crippen molar-refractivity contribution in [1.29, 1.82) is 0 Å². The van der Waals surface area contributed by atoms with Crippen LogP contribution in [-0.2, 0) is 6.54 Å². The van der Waals surface area contributed by atoms with Gasteiger partial charge in [0.1, 0.15) is 5.82 Å². The van der Waals surface area contributed by atoms with Crippen molar-refractivity contribution in [3.8, 4) is 0 Å². The standard InChI is InChI=1S/C18H19F3N6.C9H18/c1-10(5-6-14-11(2)26(9-16(20)21)12(3)24-14)17-13(19)8-27-15(17)7-23-18(22-4)25-27;1-3-9(2)7-5-4-6-8-9/h5-8,16H,1,9H2,2-4H3,(H,22,25);3-8H2,1-2H3/b6-5-;. The summed E-state index contributed by atoms with van der Waals surface area (Å²) in [6.07, 6.45) is 12.3. The Morgan fingerprint density at radius 1 is 1.25 bits per heavy atom. The molecule has 3 aromatic rings. The van der Waals surface area contributed by atoms with Crippen LogP contribution in [0.3, 0.4) is 0 Å². The number of imidazole rings is 1. The van der Waals surface area contributed by atoms with Crippen LogP contribution in [0.15, 0.2) is 25.0 Å². The molecule has 1 N–H and O–H groups in total. The Kier molecular flexibility index (Phi) is 8.98. The smallest absolute Gasteiger partial charge is 0.256 e. The van der Waals surface area contributed by atoms with Gasteiger partial charge in [0.05, 0.1) is 30.1 Å². The molecule has 0 aliphatic heterocycles. The highest BCUT2D eigenvalue weighted by Gasteiger charge is 2.23. The van der Waals surface area contributed by atoms with Gasteiger partial charge in [-0.15, -0.1) is 5.10 Å². The molecule has 0 atom stereocenters. The summed E-state index contributed by atoms with van der Waals surface area (Å²) >= 11 is 0. The second-order valence-electron chi connectivity index (χ2n) is 9.73. The van der Waals surface area contributed by atoms with Crippen molar-refractivity contribution >= 4 is 23.1 Å². The quantitative estimate of drug-likeness (QED) is 0.351. The van der Waals surface area contributed by atoms with Crippen molar-refractivity contribution in [2.24, 2.45) is 5.41 Å². The van der Waals surface area contributed by atoms with Gasteiger partial charge in [0.2, 0.25) is 5.95 Å². The molecule has 1 fully saturated rings. The van der Waals surface area contributed by atoms with Crippen molar-refractivity contribution < 1.29 is 13.2 Å². The lowest BCUT2D eigenvalue weighted by Crippen LogP contribution is -2.18. The van der Waals surface area contributed by atoms with E-state index in [0.717, 1.165) is 5.41 Å². The predicted molar refractivity (Wildman–Crippen MR) is 140 cm³/mol. The van der Waals surface area contributed by atoms with E-state index >= 15 is 0 Å². The molecular formula is C27H37F3N6. The van der Waals surface area contributed by atoms with Crippen LogP contribution >= 0.6 is 0 Å². The van der Waals surface area contributed by atoms with Gasteiger partial charge in [-0.1, -0.05) is 52.2 Å². The number of nitrogens with one attached hydrogen (secondary N) is 1. The van der Waals surface area contributed by atoms with E-state index in [-0.39, 0.29) is 5.56 Å². The maximum absolute atomic E-state index is 14.4. The molecule has 0 bridgehead atoms. The lowest BCUT2D eigenvalue weighted by molar-refractivity contribution is 0.125. The molecule has 196 valence electrons. The molecule has 1 saturated carbocycles. The molecule has 1 aliphatic rings. The third kappa shape index (κ3) is 6.36. The van der Waals surface area contributed by atoms with E-state index in [1.54, 1.807) is 33.0 Å². The molecule has 0 radical (unpaired) electrons. The SMILES string of the molecule is C=C(/C=C\c1nc(C)n(CC(F)F)c1C)c1c(F)cn2nc(NC)ncc12.CCC1(C)CCCCC1. The molecule has 4 rings (SSSR count). The van der Waals surface area contributed by atoms with Crippen LogP contribution in [0.2, 0.25) is 0 Å². The average Bonchev–Trinajstić information content (AvgIpc) is 3.32. The first-order valence-electron chi connectivity index (χ1n) is 12.5. The number of allylic oxidation sites excluding steroid dienone is 2. The normalized spacial score (nSPS) is 15.4. The third-order valence-electron chi connectivity index (χ3n) is 7.16. The molecule has 3 heterocycles. The summed E-state index contributed by atoms with van der Waals surface area (Å²) < 4.78 is 42.6. The fraction of sp³-hybridized carbons (Fsp3) is 0.519. The Hall–Kier alpha value is -3.10. The summed E-state index contributed by atoms with van der Waals surface area (Å²) in [5.74, 6) is 0.371. The lowest BCUT2D eigenvalue weighted by Gasteiger charge is -2.32. The summed E-state index contributed by atoms with van der Waals surface area (Å²) in [7, 11) is 1.67. The van der Waals surface area contributed by atoms with Crippen molar-refractivity contribution in [2.45, 2.75) is 79.2 Å². The van der Waals surface area contributed by atoms with E-state index in [1.165, 1.54) is 60.0 Å². The van der Waals surface area contributed by atoms with Crippen LogP contribution in [0.1, 0.15) is 75.1 Å². The maximum atomic E-state index is 14.4. The molecule has 36 heavy (non-hydrogen) atoms. The number of anilines is 1. The predicted octanol–water partition coefficient (Wildman–Crippen LogP) is 7.08. The van der Waals surface area contributed by atoms with Gasteiger partial charge >= 0.3 is 0 Å². The zero-order valence-corrected chi connectivity index (χ0v) is 21.9. The molecule has 1 aliphatic carbocycles. The zero-order valence-electron chi connectivity index (χ0n) is 21.9. The summed E-state index contributed by atoms with van der Waals surface area (Å²) in [4.78, 5) is 8.39. The highest BCUT2D eigenvalue weighted by Crippen LogP contribution is 2.38. The fourth-order valence-corrected chi connectivity index (χ4v) is 4.65. The molecule has 3 aromatic heterocycles. The number of nitrogens with zero attached hydrogens (tertiary/aromatic N) is 5. The van der Waals surface area contributed by atoms with Gasteiger partial charge in [-0.05, 0) is 43.8 Å². The first kappa shape index (κ1) is 27.5. The van der Waals surface area contributed by atoms with Crippen LogP contribution in [0.25, 0.3) is 17.2 Å². The molecule has 6 nitrogen and oxygen atoms in total. The fourth-order valence-electron chi connectivity index (χ4n) is 4.65. The van der Waals surface area contributed by atoms with Crippen molar-refractivity contribution in [3.63, 3.8) is 0 Å². The van der Waals surface area contributed by atoms with E-state index < -0.39 is 18.8 Å². The van der Waals surface area contributed by atoms with Crippen molar-refractivity contribution in [3.05, 3.63) is 53.6 Å². The monoisotopic (exact) mass is 502 g/mol. The Labute approximate surface area is 211 Å². The van der Waals surface area contributed by atoms with E-state index in [9.17, 15) is 13.2 Å². The molecular weight excluding hydrogens is 465 g/mol. The van der Waals surface area contributed by atoms with Gasteiger partial charge in [0, 0.05) is 18.3 Å². The summed E-state index contributed by atoms with van der Waals surface area (Å²) in [6, 6.07) is 0. The number of fused-ring (bicyclic) bond motifs is 1. The molecule has 9 heteroatoms. The second kappa shape index (κ2) is 11.8. The minimum absolute atomic E-state index is 0.273. The molecule has 0 aromatic carbocycles. The minimum Gasteiger partial charge on any atom is -0.356 e. The number of hydrogen-bond acceptors (Lipinski definition) is 4. The lowest BCUT2D eigenvalue weighted by atomic mass is 9.74. The highest BCUT2D eigenvalue weighted by molar-refractivity contribution is 5.85. The summed E-state index contributed by atoms with van der Waals surface area (Å²) in [6.45, 7) is 11.6. The van der Waals surface area contributed by atoms with Crippen LogP contribution in [0, 0.1) is 25.1 Å².